The Morgan fingerprint density at radius 1 is 1.39 bits per heavy atom. The topological polar surface area (TPSA) is 75.9 Å². The maximum atomic E-state index is 13.4. The Bertz CT molecular complexity index is 575. The minimum absolute atomic E-state index is 0.273. The third kappa shape index (κ3) is 2.57. The highest BCUT2D eigenvalue weighted by Crippen LogP contribution is 2.26. The maximum Gasteiger partial charge on any atom is 0.239 e. The van der Waals surface area contributed by atoms with Gasteiger partial charge in [-0.15, -0.1) is 0 Å². The molecular weight excluding hydrogens is 301 g/mol. The van der Waals surface area contributed by atoms with Gasteiger partial charge in [0.15, 0.2) is 0 Å². The molecule has 5 nitrogen and oxygen atoms in total. The molecule has 0 saturated carbocycles. The fourth-order valence-corrected chi connectivity index (χ4v) is 1.68. The normalized spacial score (nSPS) is 10.2. The molecule has 18 heavy (non-hydrogen) atoms. The van der Waals surface area contributed by atoms with Gasteiger partial charge in [-0.3, -0.25) is 5.43 Å². The molecule has 0 aliphatic carbocycles. The van der Waals surface area contributed by atoms with E-state index < -0.39 is 0 Å². The lowest BCUT2D eigenvalue weighted by Crippen LogP contribution is -2.11. The van der Waals surface area contributed by atoms with Crippen LogP contribution in [-0.4, -0.2) is 9.97 Å². The first-order chi connectivity index (χ1) is 8.61. The van der Waals surface area contributed by atoms with Crippen molar-refractivity contribution in [2.75, 3.05) is 10.7 Å². The molecule has 0 fully saturated rings. The van der Waals surface area contributed by atoms with Gasteiger partial charge in [0.25, 0.3) is 0 Å². The summed E-state index contributed by atoms with van der Waals surface area (Å²) in [7, 11) is 0. The van der Waals surface area contributed by atoms with Crippen molar-refractivity contribution in [2.45, 2.75) is 6.92 Å². The molecule has 1 heterocycles. The van der Waals surface area contributed by atoms with Crippen molar-refractivity contribution in [3.05, 3.63) is 40.2 Å². The highest BCUT2D eigenvalue weighted by molar-refractivity contribution is 9.10. The molecule has 2 aromatic rings. The van der Waals surface area contributed by atoms with E-state index in [9.17, 15) is 4.39 Å². The summed E-state index contributed by atoms with van der Waals surface area (Å²) in [6.07, 6.45) is 1.55. The van der Waals surface area contributed by atoms with E-state index in [4.69, 9.17) is 5.84 Å². The summed E-state index contributed by atoms with van der Waals surface area (Å²) in [5.41, 5.74) is 3.50. The zero-order valence-electron chi connectivity index (χ0n) is 9.54. The zero-order valence-corrected chi connectivity index (χ0v) is 11.1. The van der Waals surface area contributed by atoms with Crippen LogP contribution in [-0.2, 0) is 0 Å². The Balaban J connectivity index is 2.36. The Kier molecular flexibility index (Phi) is 3.73. The first-order valence-electron chi connectivity index (χ1n) is 5.13. The first kappa shape index (κ1) is 12.7. The molecule has 94 valence electrons. The molecular formula is C11H11BrFN5. The van der Waals surface area contributed by atoms with Crippen LogP contribution in [0.25, 0.3) is 0 Å². The van der Waals surface area contributed by atoms with Crippen molar-refractivity contribution >= 4 is 33.4 Å². The minimum atomic E-state index is -0.276. The Morgan fingerprint density at radius 2 is 2.17 bits per heavy atom. The number of anilines is 3. The molecule has 0 aliphatic heterocycles. The van der Waals surface area contributed by atoms with E-state index in [1.54, 1.807) is 25.3 Å². The van der Waals surface area contributed by atoms with Gasteiger partial charge >= 0.3 is 0 Å². The van der Waals surface area contributed by atoms with E-state index in [-0.39, 0.29) is 11.8 Å². The highest BCUT2D eigenvalue weighted by Gasteiger charge is 2.08. The monoisotopic (exact) mass is 311 g/mol. The molecule has 0 saturated heterocycles. The average molecular weight is 312 g/mol. The lowest BCUT2D eigenvalue weighted by molar-refractivity contribution is 0.619. The number of nitrogen functional groups attached to an aromatic ring is 1. The van der Waals surface area contributed by atoms with E-state index >= 15 is 0 Å². The van der Waals surface area contributed by atoms with Crippen LogP contribution in [0.1, 0.15) is 5.56 Å². The molecule has 2 rings (SSSR count). The van der Waals surface area contributed by atoms with Crippen molar-refractivity contribution in [1.82, 2.24) is 9.97 Å². The average Bonchev–Trinajstić information content (AvgIpc) is 2.37. The van der Waals surface area contributed by atoms with E-state index in [0.29, 0.717) is 21.5 Å². The second-order valence-corrected chi connectivity index (χ2v) is 4.43. The molecule has 0 spiro atoms. The molecule has 0 aliphatic rings. The molecule has 0 amide bonds. The number of nitrogens with one attached hydrogen (secondary N) is 2. The first-order valence-corrected chi connectivity index (χ1v) is 5.92. The summed E-state index contributed by atoms with van der Waals surface area (Å²) in [6, 6.07) is 4.80. The molecule has 1 aromatic heterocycles. The highest BCUT2D eigenvalue weighted by atomic mass is 79.9. The molecule has 0 unspecified atom stereocenters. The number of aromatic nitrogens is 2. The van der Waals surface area contributed by atoms with Crippen LogP contribution in [0.15, 0.2) is 28.9 Å². The zero-order chi connectivity index (χ0) is 13.1. The second kappa shape index (κ2) is 5.28. The van der Waals surface area contributed by atoms with Crippen LogP contribution >= 0.6 is 15.9 Å². The molecule has 0 radical (unpaired) electrons. The number of hydrogen-bond acceptors (Lipinski definition) is 5. The maximum absolute atomic E-state index is 13.4. The number of rotatable bonds is 3. The van der Waals surface area contributed by atoms with E-state index in [1.165, 1.54) is 6.07 Å². The second-order valence-electron chi connectivity index (χ2n) is 3.57. The van der Waals surface area contributed by atoms with Gasteiger partial charge in [0.1, 0.15) is 11.6 Å². The standard InChI is InChI=1S/C11H11BrFN5/c1-6-8(13)3-2-4-9(6)16-10-7(12)5-15-11(17-10)18-14/h2-5H,14H2,1H3,(H2,15,16,17,18). The summed E-state index contributed by atoms with van der Waals surface area (Å²) in [5, 5.41) is 3.02. The van der Waals surface area contributed by atoms with Crippen LogP contribution < -0.4 is 16.6 Å². The third-order valence-electron chi connectivity index (χ3n) is 2.39. The van der Waals surface area contributed by atoms with E-state index in [1.807, 2.05) is 0 Å². The summed E-state index contributed by atoms with van der Waals surface area (Å²) >= 11 is 3.31. The Morgan fingerprint density at radius 3 is 2.89 bits per heavy atom. The minimum Gasteiger partial charge on any atom is -0.339 e. The lowest BCUT2D eigenvalue weighted by atomic mass is 10.2. The van der Waals surface area contributed by atoms with Gasteiger partial charge in [-0.05, 0) is 35.0 Å². The van der Waals surface area contributed by atoms with Gasteiger partial charge in [-0.25, -0.2) is 15.2 Å². The molecule has 7 heteroatoms. The quantitative estimate of drug-likeness (QED) is 0.600. The van der Waals surface area contributed by atoms with Crippen LogP contribution in [0.2, 0.25) is 0 Å². The van der Waals surface area contributed by atoms with Gasteiger partial charge in [-0.2, -0.15) is 4.98 Å². The van der Waals surface area contributed by atoms with Crippen molar-refractivity contribution < 1.29 is 4.39 Å². The van der Waals surface area contributed by atoms with E-state index in [2.05, 4.69) is 36.6 Å². The Hall–Kier alpha value is -1.73. The van der Waals surface area contributed by atoms with E-state index in [0.717, 1.165) is 0 Å². The van der Waals surface area contributed by atoms with Crippen LogP contribution in [0, 0.1) is 12.7 Å². The molecule has 4 N–H and O–H groups in total. The Labute approximate surface area is 112 Å². The van der Waals surface area contributed by atoms with Crippen LogP contribution in [0.5, 0.6) is 0 Å². The fourth-order valence-electron chi connectivity index (χ4n) is 1.39. The molecule has 1 aromatic carbocycles. The molecule has 0 bridgehead atoms. The van der Waals surface area contributed by atoms with Gasteiger partial charge in [0.05, 0.1) is 4.47 Å². The van der Waals surface area contributed by atoms with Crippen molar-refractivity contribution in [3.63, 3.8) is 0 Å². The number of hydrazine groups is 1. The summed E-state index contributed by atoms with van der Waals surface area (Å²) in [5.74, 6) is 5.74. The van der Waals surface area contributed by atoms with Gasteiger partial charge < -0.3 is 5.32 Å². The number of hydrogen-bond donors (Lipinski definition) is 3. The predicted molar refractivity (Wildman–Crippen MR) is 72.0 cm³/mol. The summed E-state index contributed by atoms with van der Waals surface area (Å²) < 4.78 is 14.1. The van der Waals surface area contributed by atoms with Crippen molar-refractivity contribution in [1.29, 1.82) is 0 Å². The molecule has 0 atom stereocenters. The van der Waals surface area contributed by atoms with Gasteiger partial charge in [0, 0.05) is 17.4 Å². The number of nitrogens with two attached hydrogens (primary N) is 1. The predicted octanol–water partition coefficient (Wildman–Crippen LogP) is 2.72. The van der Waals surface area contributed by atoms with Crippen LogP contribution in [0.4, 0.5) is 21.8 Å². The summed E-state index contributed by atoms with van der Waals surface area (Å²) in [6.45, 7) is 1.69. The SMILES string of the molecule is Cc1c(F)cccc1Nc1nc(NN)ncc1Br. The number of benzene rings is 1. The van der Waals surface area contributed by atoms with Crippen molar-refractivity contribution in [2.24, 2.45) is 5.84 Å². The number of nitrogens with zero attached hydrogens (tertiary/aromatic N) is 2. The van der Waals surface area contributed by atoms with Gasteiger partial charge in [-0.1, -0.05) is 6.07 Å². The third-order valence-corrected chi connectivity index (χ3v) is 2.97. The summed E-state index contributed by atoms with van der Waals surface area (Å²) in [4.78, 5) is 8.06. The number of halogens is 2. The fraction of sp³-hybridized carbons (Fsp3) is 0.0909. The smallest absolute Gasteiger partial charge is 0.239 e. The largest absolute Gasteiger partial charge is 0.339 e. The lowest BCUT2D eigenvalue weighted by Gasteiger charge is -2.11. The van der Waals surface area contributed by atoms with Gasteiger partial charge in [0.2, 0.25) is 5.95 Å². The van der Waals surface area contributed by atoms with Crippen LogP contribution in [0.3, 0.4) is 0 Å². The van der Waals surface area contributed by atoms with Crippen molar-refractivity contribution in [3.8, 4) is 0 Å².